The number of aliphatic carboxylic acids is 1. The highest BCUT2D eigenvalue weighted by Gasteiger charge is 2.18. The summed E-state index contributed by atoms with van der Waals surface area (Å²) in [6.07, 6.45) is -0.486. The molecule has 0 aromatic heterocycles. The maximum Gasteiger partial charge on any atom is 0.333 e. The van der Waals surface area contributed by atoms with E-state index in [0.717, 1.165) is 11.1 Å². The van der Waals surface area contributed by atoms with Crippen molar-refractivity contribution in [1.29, 1.82) is 0 Å². The lowest BCUT2D eigenvalue weighted by atomic mass is 10.0. The van der Waals surface area contributed by atoms with Crippen LogP contribution in [0.3, 0.4) is 0 Å². The molecular formula is C11H13ClO3. The van der Waals surface area contributed by atoms with Crippen LogP contribution in [0.1, 0.15) is 11.1 Å². The molecule has 0 aliphatic rings. The molecule has 1 aromatic carbocycles. The van der Waals surface area contributed by atoms with Gasteiger partial charge < -0.3 is 9.84 Å². The molecule has 0 amide bonds. The number of carboxylic acids is 1. The highest BCUT2D eigenvalue weighted by atomic mass is 35.5. The Morgan fingerprint density at radius 2 is 2.27 bits per heavy atom. The van der Waals surface area contributed by atoms with Gasteiger partial charge in [-0.05, 0) is 24.1 Å². The van der Waals surface area contributed by atoms with E-state index in [4.69, 9.17) is 21.4 Å². The molecule has 1 rings (SSSR count). The number of halogens is 1. The van der Waals surface area contributed by atoms with Gasteiger partial charge in [0.1, 0.15) is 0 Å². The molecule has 0 aliphatic heterocycles. The maximum absolute atomic E-state index is 10.8. The second kappa shape index (κ2) is 5.14. The minimum absolute atomic E-state index is 0.332. The lowest BCUT2D eigenvalue weighted by molar-refractivity contribution is -0.148. The van der Waals surface area contributed by atoms with Crippen LogP contribution in [0.4, 0.5) is 0 Å². The summed E-state index contributed by atoms with van der Waals surface area (Å²) >= 11 is 5.93. The van der Waals surface area contributed by atoms with Crippen LogP contribution in [0.2, 0.25) is 5.02 Å². The number of rotatable bonds is 4. The van der Waals surface area contributed by atoms with Crippen molar-refractivity contribution in [2.45, 2.75) is 19.4 Å². The topological polar surface area (TPSA) is 46.5 Å². The molecule has 1 aromatic rings. The van der Waals surface area contributed by atoms with E-state index in [-0.39, 0.29) is 0 Å². The van der Waals surface area contributed by atoms with Gasteiger partial charge in [0.2, 0.25) is 0 Å². The summed E-state index contributed by atoms with van der Waals surface area (Å²) in [4.78, 5) is 10.8. The van der Waals surface area contributed by atoms with Crippen LogP contribution in [0.25, 0.3) is 0 Å². The standard InChI is InChI=1S/C11H13ClO3/c1-7-8(4-3-5-9(7)12)6-10(15-2)11(13)14/h3-5,10H,6H2,1-2H3,(H,13,14). The number of hydrogen-bond donors (Lipinski definition) is 1. The van der Waals surface area contributed by atoms with Crippen LogP contribution in [0, 0.1) is 6.92 Å². The van der Waals surface area contributed by atoms with Crippen LogP contribution >= 0.6 is 11.6 Å². The predicted molar refractivity (Wildman–Crippen MR) is 58.3 cm³/mol. The monoisotopic (exact) mass is 228 g/mol. The molecule has 0 bridgehead atoms. The van der Waals surface area contributed by atoms with Crippen LogP contribution in [0.15, 0.2) is 18.2 Å². The molecule has 4 heteroatoms. The fourth-order valence-electron chi connectivity index (χ4n) is 1.34. The summed E-state index contributed by atoms with van der Waals surface area (Å²) in [6, 6.07) is 5.44. The van der Waals surface area contributed by atoms with Crippen LogP contribution in [0.5, 0.6) is 0 Å². The average molecular weight is 229 g/mol. The quantitative estimate of drug-likeness (QED) is 0.860. The van der Waals surface area contributed by atoms with E-state index in [0.29, 0.717) is 11.4 Å². The zero-order valence-electron chi connectivity index (χ0n) is 8.66. The first kappa shape index (κ1) is 12.0. The van der Waals surface area contributed by atoms with Gasteiger partial charge in [-0.3, -0.25) is 0 Å². The number of ether oxygens (including phenoxy) is 1. The summed E-state index contributed by atoms with van der Waals surface area (Å²) in [5.41, 5.74) is 1.80. The Bertz CT molecular complexity index is 363. The van der Waals surface area contributed by atoms with Gasteiger partial charge in [0.25, 0.3) is 0 Å². The van der Waals surface area contributed by atoms with Crippen molar-refractivity contribution >= 4 is 17.6 Å². The third-order valence-electron chi connectivity index (χ3n) is 2.35. The van der Waals surface area contributed by atoms with E-state index < -0.39 is 12.1 Å². The zero-order chi connectivity index (χ0) is 11.4. The summed E-state index contributed by atoms with van der Waals surface area (Å²) in [5, 5.41) is 9.48. The number of methoxy groups -OCH3 is 1. The van der Waals surface area contributed by atoms with E-state index in [1.54, 1.807) is 12.1 Å². The lowest BCUT2D eigenvalue weighted by Crippen LogP contribution is -2.25. The van der Waals surface area contributed by atoms with Gasteiger partial charge in [0.15, 0.2) is 6.10 Å². The fourth-order valence-corrected chi connectivity index (χ4v) is 1.54. The first-order chi connectivity index (χ1) is 7.06. The van der Waals surface area contributed by atoms with Crippen molar-refractivity contribution in [3.05, 3.63) is 34.3 Å². The van der Waals surface area contributed by atoms with Crippen molar-refractivity contribution in [3.63, 3.8) is 0 Å². The Kier molecular flexibility index (Phi) is 4.12. The second-order valence-corrected chi connectivity index (χ2v) is 3.70. The minimum atomic E-state index is -0.961. The van der Waals surface area contributed by atoms with Crippen molar-refractivity contribution in [3.8, 4) is 0 Å². The molecule has 0 aliphatic carbocycles. The fraction of sp³-hybridized carbons (Fsp3) is 0.364. The summed E-state index contributed by atoms with van der Waals surface area (Å²) in [6.45, 7) is 1.87. The molecule has 15 heavy (non-hydrogen) atoms. The van der Waals surface area contributed by atoms with Gasteiger partial charge in [-0.25, -0.2) is 4.79 Å². The van der Waals surface area contributed by atoms with Gasteiger partial charge in [-0.15, -0.1) is 0 Å². The lowest BCUT2D eigenvalue weighted by Gasteiger charge is -2.12. The summed E-state index contributed by atoms with van der Waals surface area (Å²) < 4.78 is 4.87. The van der Waals surface area contributed by atoms with Crippen LogP contribution in [-0.2, 0) is 16.0 Å². The van der Waals surface area contributed by atoms with E-state index in [1.807, 2.05) is 13.0 Å². The van der Waals surface area contributed by atoms with E-state index >= 15 is 0 Å². The van der Waals surface area contributed by atoms with Gasteiger partial charge in [-0.1, -0.05) is 23.7 Å². The number of hydrogen-bond acceptors (Lipinski definition) is 2. The highest BCUT2D eigenvalue weighted by Crippen LogP contribution is 2.20. The average Bonchev–Trinajstić information content (AvgIpc) is 2.19. The molecule has 1 N–H and O–H groups in total. The molecule has 0 heterocycles. The van der Waals surface area contributed by atoms with Crippen molar-refractivity contribution in [1.82, 2.24) is 0 Å². The Balaban J connectivity index is 2.88. The molecule has 0 saturated carbocycles. The molecule has 0 fully saturated rings. The van der Waals surface area contributed by atoms with Crippen molar-refractivity contribution in [2.75, 3.05) is 7.11 Å². The Hall–Kier alpha value is -1.06. The Morgan fingerprint density at radius 3 is 2.80 bits per heavy atom. The van der Waals surface area contributed by atoms with Gasteiger partial charge >= 0.3 is 5.97 Å². The van der Waals surface area contributed by atoms with Crippen LogP contribution in [-0.4, -0.2) is 24.3 Å². The number of benzene rings is 1. The first-order valence-corrected chi connectivity index (χ1v) is 4.93. The normalized spacial score (nSPS) is 12.5. The second-order valence-electron chi connectivity index (χ2n) is 3.29. The van der Waals surface area contributed by atoms with E-state index in [1.165, 1.54) is 7.11 Å². The number of carbonyl (C=O) groups is 1. The molecule has 0 radical (unpaired) electrons. The zero-order valence-corrected chi connectivity index (χ0v) is 9.41. The largest absolute Gasteiger partial charge is 0.479 e. The smallest absolute Gasteiger partial charge is 0.333 e. The minimum Gasteiger partial charge on any atom is -0.479 e. The van der Waals surface area contributed by atoms with Crippen LogP contribution < -0.4 is 0 Å². The maximum atomic E-state index is 10.8. The molecule has 0 saturated heterocycles. The molecule has 1 atom stereocenters. The molecular weight excluding hydrogens is 216 g/mol. The SMILES string of the molecule is COC(Cc1cccc(Cl)c1C)C(=O)O. The first-order valence-electron chi connectivity index (χ1n) is 4.56. The molecule has 3 nitrogen and oxygen atoms in total. The third-order valence-corrected chi connectivity index (χ3v) is 2.75. The molecule has 82 valence electrons. The van der Waals surface area contributed by atoms with Crippen molar-refractivity contribution in [2.24, 2.45) is 0 Å². The van der Waals surface area contributed by atoms with Gasteiger partial charge in [-0.2, -0.15) is 0 Å². The summed E-state index contributed by atoms with van der Waals surface area (Å²) in [7, 11) is 1.39. The Labute approximate surface area is 93.6 Å². The van der Waals surface area contributed by atoms with Crippen molar-refractivity contribution < 1.29 is 14.6 Å². The predicted octanol–water partition coefficient (Wildman–Crippen LogP) is 2.29. The van der Waals surface area contributed by atoms with E-state index in [2.05, 4.69) is 0 Å². The molecule has 1 unspecified atom stereocenters. The van der Waals surface area contributed by atoms with Gasteiger partial charge in [0.05, 0.1) is 0 Å². The molecule has 0 spiro atoms. The summed E-state index contributed by atoms with van der Waals surface area (Å²) in [5.74, 6) is -0.961. The van der Waals surface area contributed by atoms with E-state index in [9.17, 15) is 4.79 Å². The van der Waals surface area contributed by atoms with Gasteiger partial charge in [0, 0.05) is 18.6 Å². The third kappa shape index (κ3) is 2.94. The Morgan fingerprint density at radius 1 is 1.60 bits per heavy atom. The highest BCUT2D eigenvalue weighted by molar-refractivity contribution is 6.31. The number of carboxylic acid groups (broad SMARTS) is 1.